The SMILES string of the molecule is CCCOc1c(Cl)cc(C(=O)NCC(C)C(=O)O)cc1OC. The normalized spacial score (nSPS) is 11.6. The van der Waals surface area contributed by atoms with Gasteiger partial charge in [-0.15, -0.1) is 0 Å². The standard InChI is InChI=1S/C15H20ClNO5/c1-4-5-22-13-11(16)6-10(7-12(13)21-3)14(18)17-8-9(2)15(19)20/h6-7,9H,4-5,8H2,1-3H3,(H,17,18)(H,19,20). The van der Waals surface area contributed by atoms with Gasteiger partial charge in [0.2, 0.25) is 0 Å². The number of carbonyl (C=O) groups is 2. The topological polar surface area (TPSA) is 84.9 Å². The first-order chi connectivity index (χ1) is 10.4. The molecule has 22 heavy (non-hydrogen) atoms. The van der Waals surface area contributed by atoms with Crippen molar-refractivity contribution < 1.29 is 24.2 Å². The number of aliphatic carboxylic acids is 1. The quantitative estimate of drug-likeness (QED) is 0.765. The van der Waals surface area contributed by atoms with Crippen LogP contribution in [0, 0.1) is 5.92 Å². The van der Waals surface area contributed by atoms with Gasteiger partial charge in [0.15, 0.2) is 11.5 Å². The van der Waals surface area contributed by atoms with E-state index < -0.39 is 17.8 Å². The van der Waals surface area contributed by atoms with Crippen molar-refractivity contribution in [2.75, 3.05) is 20.3 Å². The fourth-order valence-corrected chi connectivity index (χ4v) is 1.90. The Balaban J connectivity index is 2.89. The van der Waals surface area contributed by atoms with Gasteiger partial charge in [0.1, 0.15) is 0 Å². The number of hydrogen-bond donors (Lipinski definition) is 2. The van der Waals surface area contributed by atoms with E-state index >= 15 is 0 Å². The van der Waals surface area contributed by atoms with Crippen molar-refractivity contribution in [1.82, 2.24) is 5.32 Å². The van der Waals surface area contributed by atoms with Crippen LogP contribution >= 0.6 is 11.6 Å². The molecule has 7 heteroatoms. The number of carboxylic acids is 1. The zero-order valence-electron chi connectivity index (χ0n) is 12.8. The summed E-state index contributed by atoms with van der Waals surface area (Å²) in [6.07, 6.45) is 0.814. The highest BCUT2D eigenvalue weighted by Crippen LogP contribution is 2.36. The zero-order valence-corrected chi connectivity index (χ0v) is 13.6. The van der Waals surface area contributed by atoms with Crippen LogP contribution in [0.25, 0.3) is 0 Å². The molecule has 0 aromatic heterocycles. The van der Waals surface area contributed by atoms with Crippen LogP contribution in [0.5, 0.6) is 11.5 Å². The lowest BCUT2D eigenvalue weighted by atomic mass is 10.1. The lowest BCUT2D eigenvalue weighted by Crippen LogP contribution is -2.31. The van der Waals surface area contributed by atoms with E-state index in [0.29, 0.717) is 18.1 Å². The van der Waals surface area contributed by atoms with E-state index in [1.165, 1.54) is 26.2 Å². The second-order valence-electron chi connectivity index (χ2n) is 4.79. The summed E-state index contributed by atoms with van der Waals surface area (Å²) < 4.78 is 10.7. The van der Waals surface area contributed by atoms with Crippen molar-refractivity contribution in [1.29, 1.82) is 0 Å². The molecule has 0 fully saturated rings. The second-order valence-corrected chi connectivity index (χ2v) is 5.19. The van der Waals surface area contributed by atoms with Gasteiger partial charge in [-0.1, -0.05) is 25.4 Å². The number of nitrogens with one attached hydrogen (secondary N) is 1. The molecule has 1 atom stereocenters. The van der Waals surface area contributed by atoms with Crippen molar-refractivity contribution in [2.45, 2.75) is 20.3 Å². The van der Waals surface area contributed by atoms with E-state index in [2.05, 4.69) is 5.32 Å². The van der Waals surface area contributed by atoms with E-state index in [4.69, 9.17) is 26.2 Å². The number of halogens is 1. The number of rotatable bonds is 8. The van der Waals surface area contributed by atoms with Crippen molar-refractivity contribution >= 4 is 23.5 Å². The Morgan fingerprint density at radius 3 is 2.64 bits per heavy atom. The van der Waals surface area contributed by atoms with E-state index in [9.17, 15) is 9.59 Å². The Labute approximate surface area is 134 Å². The average molecular weight is 330 g/mol. The maximum Gasteiger partial charge on any atom is 0.308 e. The summed E-state index contributed by atoms with van der Waals surface area (Å²) in [5.74, 6) is -1.32. The number of hydrogen-bond acceptors (Lipinski definition) is 4. The van der Waals surface area contributed by atoms with Gasteiger partial charge in [0.25, 0.3) is 5.91 Å². The fourth-order valence-electron chi connectivity index (χ4n) is 1.63. The van der Waals surface area contributed by atoms with Gasteiger partial charge in [-0.3, -0.25) is 9.59 Å². The smallest absolute Gasteiger partial charge is 0.308 e. The molecule has 0 bridgehead atoms. The minimum absolute atomic E-state index is 0.0299. The summed E-state index contributed by atoms with van der Waals surface area (Å²) in [6, 6.07) is 2.98. The number of benzene rings is 1. The minimum Gasteiger partial charge on any atom is -0.493 e. The molecule has 0 saturated carbocycles. The molecular weight excluding hydrogens is 310 g/mol. The number of carbonyl (C=O) groups excluding carboxylic acids is 1. The van der Waals surface area contributed by atoms with Gasteiger partial charge in [-0.2, -0.15) is 0 Å². The Bertz CT molecular complexity index is 547. The van der Waals surface area contributed by atoms with E-state index in [-0.39, 0.29) is 17.1 Å². The van der Waals surface area contributed by atoms with Gasteiger partial charge < -0.3 is 19.9 Å². The molecular formula is C15H20ClNO5. The first-order valence-corrected chi connectivity index (χ1v) is 7.29. The zero-order chi connectivity index (χ0) is 16.7. The summed E-state index contributed by atoms with van der Waals surface area (Å²) in [5, 5.41) is 11.6. The highest BCUT2D eigenvalue weighted by Gasteiger charge is 2.17. The molecule has 1 rings (SSSR count). The third kappa shape index (κ3) is 4.80. The molecule has 1 aromatic rings. The second kappa shape index (κ2) is 8.48. The predicted octanol–water partition coefficient (Wildman–Crippen LogP) is 2.59. The first-order valence-electron chi connectivity index (χ1n) is 6.92. The first kappa shape index (κ1) is 18.1. The maximum atomic E-state index is 12.1. The largest absolute Gasteiger partial charge is 0.493 e. The Morgan fingerprint density at radius 2 is 2.09 bits per heavy atom. The van der Waals surface area contributed by atoms with Crippen LogP contribution in [0.1, 0.15) is 30.6 Å². The molecule has 0 aliphatic heterocycles. The van der Waals surface area contributed by atoms with E-state index in [1.807, 2.05) is 6.92 Å². The molecule has 1 unspecified atom stereocenters. The van der Waals surface area contributed by atoms with Crippen LogP contribution in [-0.4, -0.2) is 37.2 Å². The molecule has 1 amide bonds. The van der Waals surface area contributed by atoms with Gasteiger partial charge in [0.05, 0.1) is 24.7 Å². The van der Waals surface area contributed by atoms with Crippen molar-refractivity contribution in [3.05, 3.63) is 22.7 Å². The molecule has 122 valence electrons. The monoisotopic (exact) mass is 329 g/mol. The Morgan fingerprint density at radius 1 is 1.41 bits per heavy atom. The molecule has 6 nitrogen and oxygen atoms in total. The van der Waals surface area contributed by atoms with Crippen molar-refractivity contribution in [2.24, 2.45) is 5.92 Å². The average Bonchev–Trinajstić information content (AvgIpc) is 2.50. The molecule has 0 heterocycles. The van der Waals surface area contributed by atoms with Gasteiger partial charge >= 0.3 is 5.97 Å². The maximum absolute atomic E-state index is 12.1. The fraction of sp³-hybridized carbons (Fsp3) is 0.467. The van der Waals surface area contributed by atoms with Gasteiger partial charge in [0, 0.05) is 12.1 Å². The van der Waals surface area contributed by atoms with Crippen LogP contribution in [-0.2, 0) is 4.79 Å². The molecule has 2 N–H and O–H groups in total. The summed E-state index contributed by atoms with van der Waals surface area (Å²) in [5.41, 5.74) is 0.281. The van der Waals surface area contributed by atoms with Crippen LogP contribution in [0.3, 0.4) is 0 Å². The summed E-state index contributed by atoms with van der Waals surface area (Å²) in [4.78, 5) is 22.8. The van der Waals surface area contributed by atoms with Crippen LogP contribution in [0.4, 0.5) is 0 Å². The molecule has 0 radical (unpaired) electrons. The highest BCUT2D eigenvalue weighted by atomic mass is 35.5. The Kier molecular flexibility index (Phi) is 6.98. The molecule has 1 aromatic carbocycles. The lowest BCUT2D eigenvalue weighted by Gasteiger charge is -2.14. The third-order valence-electron chi connectivity index (χ3n) is 2.93. The van der Waals surface area contributed by atoms with Gasteiger partial charge in [-0.05, 0) is 18.6 Å². The molecule has 0 spiro atoms. The number of ether oxygens (including phenoxy) is 2. The third-order valence-corrected chi connectivity index (χ3v) is 3.21. The number of amides is 1. The number of methoxy groups -OCH3 is 1. The predicted molar refractivity (Wildman–Crippen MR) is 82.9 cm³/mol. The van der Waals surface area contributed by atoms with Crippen LogP contribution < -0.4 is 14.8 Å². The van der Waals surface area contributed by atoms with E-state index in [1.54, 1.807) is 0 Å². The minimum atomic E-state index is -0.973. The van der Waals surface area contributed by atoms with Crippen molar-refractivity contribution in [3.8, 4) is 11.5 Å². The molecule has 0 saturated heterocycles. The van der Waals surface area contributed by atoms with Crippen LogP contribution in [0.15, 0.2) is 12.1 Å². The molecule has 0 aliphatic carbocycles. The summed E-state index contributed by atoms with van der Waals surface area (Å²) in [7, 11) is 1.46. The Hall–Kier alpha value is -1.95. The highest BCUT2D eigenvalue weighted by molar-refractivity contribution is 6.32. The van der Waals surface area contributed by atoms with E-state index in [0.717, 1.165) is 6.42 Å². The lowest BCUT2D eigenvalue weighted by molar-refractivity contribution is -0.140. The summed E-state index contributed by atoms with van der Waals surface area (Å²) in [6.45, 7) is 3.99. The van der Waals surface area contributed by atoms with Crippen LogP contribution in [0.2, 0.25) is 5.02 Å². The van der Waals surface area contributed by atoms with Gasteiger partial charge in [-0.25, -0.2) is 0 Å². The molecule has 0 aliphatic rings. The summed E-state index contributed by atoms with van der Waals surface area (Å²) >= 11 is 6.13. The number of carboxylic acid groups (broad SMARTS) is 1. The van der Waals surface area contributed by atoms with Crippen molar-refractivity contribution in [3.63, 3.8) is 0 Å².